The lowest BCUT2D eigenvalue weighted by molar-refractivity contribution is 1.09. The summed E-state index contributed by atoms with van der Waals surface area (Å²) < 4.78 is 4.71. The summed E-state index contributed by atoms with van der Waals surface area (Å²) in [6, 6.07) is 54.6. The monoisotopic (exact) mass is 574 g/mol. The number of aromatic nitrogens is 3. The maximum atomic E-state index is 4.89. The predicted octanol–water partition coefficient (Wildman–Crippen LogP) is 10.7. The van der Waals surface area contributed by atoms with Crippen LogP contribution in [0.15, 0.2) is 158 Å². The van der Waals surface area contributed by atoms with Gasteiger partial charge in [0.15, 0.2) is 0 Å². The molecule has 0 N–H and O–H groups in total. The van der Waals surface area contributed by atoms with Crippen LogP contribution in [0, 0.1) is 0 Å². The molecule has 0 bridgehead atoms. The number of nitrogens with zero attached hydrogens (tertiary/aromatic N) is 4. The van der Waals surface area contributed by atoms with Gasteiger partial charge in [-0.25, -0.2) is 4.98 Å². The van der Waals surface area contributed by atoms with Crippen LogP contribution in [-0.4, -0.2) is 14.1 Å². The van der Waals surface area contributed by atoms with Crippen LogP contribution in [0.4, 0.5) is 17.1 Å². The quantitative estimate of drug-likeness (QED) is 0.210. The molecule has 10 rings (SSSR count). The van der Waals surface area contributed by atoms with E-state index in [1.165, 1.54) is 43.8 Å². The summed E-state index contributed by atoms with van der Waals surface area (Å²) in [5, 5.41) is 4.90. The molecule has 9 aromatic rings. The fourth-order valence-corrected chi connectivity index (χ4v) is 7.35. The first-order chi connectivity index (χ1) is 22.3. The SMILES string of the molecule is c1ccc(N2c3ccccc3-n3c4ncccc4c4cc(-c5ccc(-n6c7ccccc7c7ccccc76)cc5)cc2c43)cc1. The molecule has 45 heavy (non-hydrogen) atoms. The minimum absolute atomic E-state index is 0.979. The first kappa shape index (κ1) is 24.3. The van der Waals surface area contributed by atoms with Crippen LogP contribution in [0.2, 0.25) is 0 Å². The Morgan fingerprint density at radius 2 is 1.04 bits per heavy atom. The average molecular weight is 575 g/mol. The highest BCUT2D eigenvalue weighted by atomic mass is 15.2. The minimum atomic E-state index is 0.979. The van der Waals surface area contributed by atoms with E-state index in [0.717, 1.165) is 39.5 Å². The number of anilines is 3. The van der Waals surface area contributed by atoms with Crippen molar-refractivity contribution in [3.8, 4) is 22.5 Å². The third kappa shape index (κ3) is 3.39. The molecule has 0 saturated heterocycles. The lowest BCUT2D eigenvalue weighted by Crippen LogP contribution is -2.18. The van der Waals surface area contributed by atoms with Gasteiger partial charge in [-0.1, -0.05) is 78.9 Å². The average Bonchev–Trinajstić information content (AvgIpc) is 3.63. The number of hydrogen-bond donors (Lipinski definition) is 0. The van der Waals surface area contributed by atoms with Gasteiger partial charge in [-0.3, -0.25) is 4.57 Å². The summed E-state index contributed by atoms with van der Waals surface area (Å²) >= 11 is 0. The van der Waals surface area contributed by atoms with E-state index in [-0.39, 0.29) is 0 Å². The van der Waals surface area contributed by atoms with Crippen molar-refractivity contribution in [2.75, 3.05) is 4.90 Å². The Hall–Kier alpha value is -6.13. The molecule has 0 unspecified atom stereocenters. The minimum Gasteiger partial charge on any atom is -0.309 e. The molecular formula is C41H26N4. The van der Waals surface area contributed by atoms with Crippen LogP contribution in [-0.2, 0) is 0 Å². The van der Waals surface area contributed by atoms with Crippen molar-refractivity contribution in [1.29, 1.82) is 0 Å². The van der Waals surface area contributed by atoms with Crippen molar-refractivity contribution in [3.63, 3.8) is 0 Å². The summed E-state index contributed by atoms with van der Waals surface area (Å²) in [6.07, 6.45) is 1.89. The Bertz CT molecular complexity index is 2540. The number of fused-ring (bicyclic) bond motifs is 8. The van der Waals surface area contributed by atoms with E-state index in [4.69, 9.17) is 4.98 Å². The third-order valence-electron chi connectivity index (χ3n) is 9.26. The van der Waals surface area contributed by atoms with Crippen molar-refractivity contribution < 1.29 is 0 Å². The topological polar surface area (TPSA) is 26.0 Å². The normalized spacial score (nSPS) is 12.4. The lowest BCUT2D eigenvalue weighted by atomic mass is 9.99. The van der Waals surface area contributed by atoms with E-state index in [9.17, 15) is 0 Å². The van der Waals surface area contributed by atoms with Crippen LogP contribution in [0.1, 0.15) is 0 Å². The van der Waals surface area contributed by atoms with Crippen molar-refractivity contribution in [2.45, 2.75) is 0 Å². The van der Waals surface area contributed by atoms with Crippen LogP contribution in [0.3, 0.4) is 0 Å². The molecule has 0 saturated carbocycles. The van der Waals surface area contributed by atoms with Crippen molar-refractivity contribution in [2.24, 2.45) is 0 Å². The Morgan fingerprint density at radius 1 is 0.400 bits per heavy atom. The molecule has 4 heterocycles. The second-order valence-corrected chi connectivity index (χ2v) is 11.7. The molecule has 0 amide bonds. The van der Waals surface area contributed by atoms with Gasteiger partial charge in [-0.2, -0.15) is 0 Å². The largest absolute Gasteiger partial charge is 0.309 e. The van der Waals surface area contributed by atoms with Gasteiger partial charge in [0, 0.05) is 39.1 Å². The summed E-state index contributed by atoms with van der Waals surface area (Å²) in [5.41, 5.74) is 12.7. The molecule has 0 fully saturated rings. The van der Waals surface area contributed by atoms with E-state index >= 15 is 0 Å². The Morgan fingerprint density at radius 3 is 1.80 bits per heavy atom. The number of pyridine rings is 1. The zero-order valence-corrected chi connectivity index (χ0v) is 24.3. The molecular weight excluding hydrogens is 548 g/mol. The van der Waals surface area contributed by atoms with E-state index in [0.29, 0.717) is 0 Å². The summed E-state index contributed by atoms with van der Waals surface area (Å²) in [4.78, 5) is 7.29. The second-order valence-electron chi connectivity index (χ2n) is 11.7. The highest BCUT2D eigenvalue weighted by molar-refractivity contribution is 6.17. The molecule has 0 spiro atoms. The molecule has 3 aromatic heterocycles. The molecule has 0 atom stereocenters. The predicted molar refractivity (Wildman–Crippen MR) is 187 cm³/mol. The second kappa shape index (κ2) is 9.18. The van der Waals surface area contributed by atoms with Gasteiger partial charge in [0.2, 0.25) is 0 Å². The molecule has 6 aromatic carbocycles. The summed E-state index contributed by atoms with van der Waals surface area (Å²) in [7, 11) is 0. The lowest BCUT2D eigenvalue weighted by Gasteiger charge is -2.33. The van der Waals surface area contributed by atoms with E-state index in [1.54, 1.807) is 0 Å². The maximum absolute atomic E-state index is 4.89. The van der Waals surface area contributed by atoms with E-state index in [1.807, 2.05) is 12.3 Å². The number of benzene rings is 6. The first-order valence-corrected chi connectivity index (χ1v) is 15.3. The molecule has 0 aliphatic carbocycles. The molecule has 4 heteroatoms. The summed E-state index contributed by atoms with van der Waals surface area (Å²) in [5.74, 6) is 0. The zero-order chi connectivity index (χ0) is 29.5. The molecule has 0 radical (unpaired) electrons. The smallest absolute Gasteiger partial charge is 0.145 e. The van der Waals surface area contributed by atoms with Gasteiger partial charge in [-0.05, 0) is 83.9 Å². The number of hydrogen-bond acceptors (Lipinski definition) is 2. The first-order valence-electron chi connectivity index (χ1n) is 15.3. The molecule has 1 aliphatic rings. The van der Waals surface area contributed by atoms with Crippen molar-refractivity contribution in [1.82, 2.24) is 14.1 Å². The van der Waals surface area contributed by atoms with Gasteiger partial charge in [0.05, 0.1) is 33.6 Å². The Labute approximate surface area is 259 Å². The van der Waals surface area contributed by atoms with Crippen LogP contribution in [0.5, 0.6) is 0 Å². The number of para-hydroxylation sites is 5. The Kier molecular flexibility index (Phi) is 4.96. The van der Waals surface area contributed by atoms with Crippen LogP contribution < -0.4 is 4.90 Å². The van der Waals surface area contributed by atoms with Crippen molar-refractivity contribution >= 4 is 60.8 Å². The highest BCUT2D eigenvalue weighted by Crippen LogP contribution is 2.50. The van der Waals surface area contributed by atoms with Crippen molar-refractivity contribution in [3.05, 3.63) is 158 Å². The molecule has 1 aliphatic heterocycles. The maximum Gasteiger partial charge on any atom is 0.145 e. The third-order valence-corrected chi connectivity index (χ3v) is 9.26. The number of rotatable bonds is 3. The zero-order valence-electron chi connectivity index (χ0n) is 24.3. The van der Waals surface area contributed by atoms with Gasteiger partial charge in [-0.15, -0.1) is 0 Å². The van der Waals surface area contributed by atoms with E-state index in [2.05, 4.69) is 160 Å². The fourth-order valence-electron chi connectivity index (χ4n) is 7.35. The van der Waals surface area contributed by atoms with Crippen LogP contribution >= 0.6 is 0 Å². The van der Waals surface area contributed by atoms with E-state index < -0.39 is 0 Å². The van der Waals surface area contributed by atoms with Gasteiger partial charge in [0.1, 0.15) is 5.65 Å². The summed E-state index contributed by atoms with van der Waals surface area (Å²) in [6.45, 7) is 0. The Balaban J connectivity index is 1.21. The highest BCUT2D eigenvalue weighted by Gasteiger charge is 2.29. The fraction of sp³-hybridized carbons (Fsp3) is 0. The standard InChI is InChI=1S/C41H26N4/c1-2-11-29(12-3-1)44-37-18-8-9-19-38(37)45-40-34(33-15-10-24-42-41(33)45)25-28(26-39(40)44)27-20-22-30(23-21-27)43-35-16-6-4-13-31(35)32-14-5-7-17-36(32)43/h1-26H. The van der Waals surface area contributed by atoms with Crippen LogP contribution in [0.25, 0.3) is 66.2 Å². The molecule has 4 nitrogen and oxygen atoms in total. The van der Waals surface area contributed by atoms with Gasteiger partial charge < -0.3 is 9.47 Å². The van der Waals surface area contributed by atoms with Gasteiger partial charge in [0.25, 0.3) is 0 Å². The van der Waals surface area contributed by atoms with Gasteiger partial charge >= 0.3 is 0 Å². The molecule has 210 valence electrons.